The van der Waals surface area contributed by atoms with E-state index < -0.39 is 0 Å². The molecule has 5 rings (SSSR count). The van der Waals surface area contributed by atoms with Gasteiger partial charge in [-0.3, -0.25) is 5.10 Å². The van der Waals surface area contributed by atoms with E-state index in [9.17, 15) is 0 Å². The smallest absolute Gasteiger partial charge is 0.194 e. The lowest BCUT2D eigenvalue weighted by molar-refractivity contribution is 0.967. The Morgan fingerprint density at radius 1 is 1.00 bits per heavy atom. The fourth-order valence-electron chi connectivity index (χ4n) is 3.12. The van der Waals surface area contributed by atoms with Crippen molar-refractivity contribution in [3.8, 4) is 11.3 Å². The van der Waals surface area contributed by atoms with Gasteiger partial charge in [0.2, 0.25) is 0 Å². The number of nitrogen functional groups attached to an aromatic ring is 1. The molecule has 1 aliphatic carbocycles. The summed E-state index contributed by atoms with van der Waals surface area (Å²) >= 11 is 1.51. The molecule has 0 spiro atoms. The Labute approximate surface area is 155 Å². The number of hydrogen-bond donors (Lipinski definition) is 2. The summed E-state index contributed by atoms with van der Waals surface area (Å²) in [6.07, 6.45) is 2.48. The molecule has 0 aliphatic heterocycles. The highest BCUT2D eigenvalue weighted by Gasteiger charge is 2.26. The first kappa shape index (κ1) is 15.4. The van der Waals surface area contributed by atoms with Crippen LogP contribution in [0.15, 0.2) is 64.6 Å². The summed E-state index contributed by atoms with van der Waals surface area (Å²) in [5.74, 6) is 1.12. The van der Waals surface area contributed by atoms with Crippen LogP contribution >= 0.6 is 11.8 Å². The second-order valence-electron chi connectivity index (χ2n) is 6.49. The number of rotatable bonds is 4. The van der Waals surface area contributed by atoms with Gasteiger partial charge in [0.1, 0.15) is 5.82 Å². The van der Waals surface area contributed by atoms with Gasteiger partial charge in [0, 0.05) is 22.1 Å². The highest BCUT2D eigenvalue weighted by atomic mass is 32.2. The highest BCUT2D eigenvalue weighted by Crippen LogP contribution is 2.41. The molecule has 1 aliphatic rings. The molecule has 0 radical (unpaired) electrons. The Morgan fingerprint density at radius 3 is 2.65 bits per heavy atom. The number of fused-ring (bicyclic) bond motifs is 1. The minimum absolute atomic E-state index is 0.486. The van der Waals surface area contributed by atoms with Gasteiger partial charge in [-0.1, -0.05) is 30.3 Å². The van der Waals surface area contributed by atoms with Crippen LogP contribution < -0.4 is 5.73 Å². The van der Waals surface area contributed by atoms with Crippen LogP contribution in [0.25, 0.3) is 22.2 Å². The number of anilines is 1. The summed E-state index contributed by atoms with van der Waals surface area (Å²) in [4.78, 5) is 10.3. The summed E-state index contributed by atoms with van der Waals surface area (Å²) in [5.41, 5.74) is 10.2. The normalized spacial score (nSPS) is 14.0. The van der Waals surface area contributed by atoms with Crippen LogP contribution in [0.4, 0.5) is 5.82 Å². The lowest BCUT2D eigenvalue weighted by atomic mass is 10.1. The zero-order valence-electron chi connectivity index (χ0n) is 14.0. The van der Waals surface area contributed by atoms with Gasteiger partial charge in [-0.05, 0) is 48.9 Å². The first-order valence-electron chi connectivity index (χ1n) is 8.63. The number of nitrogens with two attached hydrogens (primary N) is 1. The van der Waals surface area contributed by atoms with Crippen molar-refractivity contribution in [2.45, 2.75) is 28.8 Å². The van der Waals surface area contributed by atoms with E-state index >= 15 is 0 Å². The third-order valence-corrected chi connectivity index (χ3v) is 5.45. The number of hydrogen-bond acceptors (Lipinski definition) is 5. The van der Waals surface area contributed by atoms with Gasteiger partial charge in [0.05, 0.1) is 16.6 Å². The van der Waals surface area contributed by atoms with Crippen molar-refractivity contribution >= 4 is 28.5 Å². The van der Waals surface area contributed by atoms with Crippen molar-refractivity contribution in [1.82, 2.24) is 20.2 Å². The van der Waals surface area contributed by atoms with Crippen molar-refractivity contribution in [2.75, 3.05) is 5.73 Å². The predicted octanol–water partition coefficient (Wildman–Crippen LogP) is 4.63. The van der Waals surface area contributed by atoms with Crippen molar-refractivity contribution in [3.05, 3.63) is 60.3 Å². The molecule has 1 saturated carbocycles. The van der Waals surface area contributed by atoms with Gasteiger partial charge in [-0.15, -0.1) is 0 Å². The van der Waals surface area contributed by atoms with E-state index in [1.54, 1.807) is 0 Å². The van der Waals surface area contributed by atoms with Crippen LogP contribution in [0.3, 0.4) is 0 Å². The number of nitrogens with zero attached hydrogens (tertiary/aromatic N) is 3. The maximum Gasteiger partial charge on any atom is 0.194 e. The lowest BCUT2D eigenvalue weighted by Crippen LogP contribution is -1.98. The van der Waals surface area contributed by atoms with Crippen molar-refractivity contribution in [3.63, 3.8) is 0 Å². The van der Waals surface area contributed by atoms with Crippen molar-refractivity contribution in [2.24, 2.45) is 0 Å². The Bertz CT molecular complexity index is 1090. The van der Waals surface area contributed by atoms with Crippen LogP contribution in [-0.4, -0.2) is 20.2 Å². The Balaban J connectivity index is 1.57. The molecular formula is C20H17N5S. The molecule has 5 nitrogen and oxygen atoms in total. The Hall–Kier alpha value is -2.86. The van der Waals surface area contributed by atoms with E-state index in [0.717, 1.165) is 27.1 Å². The summed E-state index contributed by atoms with van der Waals surface area (Å²) in [5, 5.41) is 9.16. The molecule has 2 aromatic carbocycles. The molecule has 1 fully saturated rings. The van der Waals surface area contributed by atoms with Crippen LogP contribution in [0, 0.1) is 0 Å². The van der Waals surface area contributed by atoms with Gasteiger partial charge in [0.25, 0.3) is 0 Å². The van der Waals surface area contributed by atoms with Gasteiger partial charge < -0.3 is 5.73 Å². The molecule has 0 bridgehead atoms. The van der Waals surface area contributed by atoms with E-state index in [2.05, 4.69) is 21.2 Å². The molecule has 4 aromatic rings. The molecule has 26 heavy (non-hydrogen) atoms. The van der Waals surface area contributed by atoms with Gasteiger partial charge in [-0.25, -0.2) is 9.97 Å². The SMILES string of the molecule is Nc1nc(Sc2ccccc2)nc2cccc(-c3cc(C4CC4)[nH]n3)c12. The zero-order chi connectivity index (χ0) is 17.5. The highest BCUT2D eigenvalue weighted by molar-refractivity contribution is 7.99. The average Bonchev–Trinajstić information content (AvgIpc) is 3.39. The van der Waals surface area contributed by atoms with E-state index in [1.165, 1.54) is 30.3 Å². The molecule has 2 heterocycles. The molecule has 3 N–H and O–H groups in total. The Morgan fingerprint density at radius 2 is 1.85 bits per heavy atom. The molecule has 0 unspecified atom stereocenters. The molecule has 0 saturated heterocycles. The quantitative estimate of drug-likeness (QED) is 0.519. The lowest BCUT2D eigenvalue weighted by Gasteiger charge is -2.08. The summed E-state index contributed by atoms with van der Waals surface area (Å²) in [7, 11) is 0. The minimum Gasteiger partial charge on any atom is -0.383 e. The second-order valence-corrected chi connectivity index (χ2v) is 7.53. The van der Waals surface area contributed by atoms with E-state index in [0.29, 0.717) is 16.9 Å². The van der Waals surface area contributed by atoms with Crippen molar-refractivity contribution in [1.29, 1.82) is 0 Å². The van der Waals surface area contributed by atoms with E-state index in [-0.39, 0.29) is 0 Å². The van der Waals surface area contributed by atoms with Gasteiger partial charge in [0.15, 0.2) is 5.16 Å². The predicted molar refractivity (Wildman–Crippen MR) is 104 cm³/mol. The largest absolute Gasteiger partial charge is 0.383 e. The topological polar surface area (TPSA) is 80.5 Å². The number of aromatic amines is 1. The summed E-state index contributed by atoms with van der Waals surface area (Å²) in [6.45, 7) is 0. The number of nitrogens with one attached hydrogen (secondary N) is 1. The number of aromatic nitrogens is 4. The Kier molecular flexibility index (Phi) is 3.64. The molecule has 6 heteroatoms. The fourth-order valence-corrected chi connectivity index (χ4v) is 3.91. The van der Waals surface area contributed by atoms with Gasteiger partial charge in [-0.2, -0.15) is 5.10 Å². The third-order valence-electron chi connectivity index (χ3n) is 4.57. The third kappa shape index (κ3) is 2.82. The maximum atomic E-state index is 6.33. The van der Waals surface area contributed by atoms with Crippen molar-refractivity contribution < 1.29 is 0 Å². The zero-order valence-corrected chi connectivity index (χ0v) is 14.8. The van der Waals surface area contributed by atoms with Crippen LogP contribution in [-0.2, 0) is 0 Å². The summed E-state index contributed by atoms with van der Waals surface area (Å²) < 4.78 is 0. The van der Waals surface area contributed by atoms with Gasteiger partial charge >= 0.3 is 0 Å². The first-order valence-corrected chi connectivity index (χ1v) is 9.44. The number of benzene rings is 2. The maximum absolute atomic E-state index is 6.33. The molecule has 128 valence electrons. The summed E-state index contributed by atoms with van der Waals surface area (Å²) in [6, 6.07) is 18.2. The first-order chi connectivity index (χ1) is 12.8. The monoisotopic (exact) mass is 359 g/mol. The fraction of sp³-hybridized carbons (Fsp3) is 0.150. The van der Waals surface area contributed by atoms with E-state index in [1.807, 2.05) is 48.5 Å². The van der Waals surface area contributed by atoms with Crippen LogP contribution in [0.1, 0.15) is 24.5 Å². The van der Waals surface area contributed by atoms with Crippen LogP contribution in [0.2, 0.25) is 0 Å². The molecule has 0 atom stereocenters. The molecule has 0 amide bonds. The average molecular weight is 359 g/mol. The van der Waals surface area contributed by atoms with E-state index in [4.69, 9.17) is 10.7 Å². The minimum atomic E-state index is 0.486. The molecule has 2 aromatic heterocycles. The second kappa shape index (κ2) is 6.14. The standard InChI is InChI=1S/C20H17N5S/c21-19-18-14(17-11-16(24-25-17)12-9-10-12)7-4-8-15(18)22-20(23-19)26-13-5-2-1-3-6-13/h1-8,11-12H,9-10H2,(H,24,25)(H2,21,22,23). The number of H-pyrrole nitrogens is 1. The molecular weight excluding hydrogens is 342 g/mol. The van der Waals surface area contributed by atoms with Crippen LogP contribution in [0.5, 0.6) is 0 Å².